The molecule has 4 aromatic rings. The molecule has 5 rings (SSSR count). The molecule has 10 heteroatoms. The summed E-state index contributed by atoms with van der Waals surface area (Å²) in [6, 6.07) is 14.8. The first-order valence-corrected chi connectivity index (χ1v) is 12.6. The van der Waals surface area contributed by atoms with Crippen molar-refractivity contribution in [1.29, 1.82) is 0 Å². The van der Waals surface area contributed by atoms with Crippen LogP contribution < -0.4 is 11.1 Å². The molecule has 2 heterocycles. The number of halogens is 3. The maximum absolute atomic E-state index is 14.0. The van der Waals surface area contributed by atoms with Crippen LogP contribution in [0.1, 0.15) is 27.0 Å². The number of amides is 1. The van der Waals surface area contributed by atoms with Gasteiger partial charge in [0.2, 0.25) is 5.95 Å². The smallest absolute Gasteiger partial charge is 0.368 e. The minimum Gasteiger partial charge on any atom is -0.368 e. The third kappa shape index (κ3) is 6.02. The second-order valence-corrected chi connectivity index (χ2v) is 9.93. The summed E-state index contributed by atoms with van der Waals surface area (Å²) >= 11 is 0. The molecular weight excluding hydrogens is 505 g/mol. The largest absolute Gasteiger partial charge is 0.416 e. The van der Waals surface area contributed by atoms with Crippen LogP contribution in [0.4, 0.5) is 24.8 Å². The summed E-state index contributed by atoms with van der Waals surface area (Å²) in [5, 5.41) is 3.48. The number of aryl methyl sites for hydroxylation is 1. The summed E-state index contributed by atoms with van der Waals surface area (Å²) in [4.78, 5) is 25.6. The lowest BCUT2D eigenvalue weighted by Gasteiger charge is -2.33. The van der Waals surface area contributed by atoms with Gasteiger partial charge in [0.05, 0.1) is 11.1 Å². The number of benzene rings is 3. The predicted octanol–water partition coefficient (Wildman–Crippen LogP) is 5.21. The Morgan fingerprint density at radius 1 is 1.03 bits per heavy atom. The standard InChI is InChI=1S/C29H29F3N6O/c1-18-3-4-20(13-24(18)19-5-6-21-16-34-28(33)36-26(21)14-19)27(39)35-23-8-7-22(25(15-23)29(30,31)32)17-38-11-9-37(2)10-12-38/h3-8,13-16H,9-12,17H2,1-2H3,(H,35,39)(H2,33,34,36). The van der Waals surface area contributed by atoms with Gasteiger partial charge in [-0.3, -0.25) is 9.69 Å². The van der Waals surface area contributed by atoms with Gasteiger partial charge >= 0.3 is 6.18 Å². The summed E-state index contributed by atoms with van der Waals surface area (Å²) < 4.78 is 41.9. The minimum absolute atomic E-state index is 0.0921. The van der Waals surface area contributed by atoms with Crippen molar-refractivity contribution in [2.75, 3.05) is 44.3 Å². The van der Waals surface area contributed by atoms with Gasteiger partial charge in [-0.25, -0.2) is 9.97 Å². The molecular formula is C29H29F3N6O. The predicted molar refractivity (Wildman–Crippen MR) is 146 cm³/mol. The van der Waals surface area contributed by atoms with E-state index in [4.69, 9.17) is 5.73 Å². The topological polar surface area (TPSA) is 87.4 Å². The van der Waals surface area contributed by atoms with E-state index in [-0.39, 0.29) is 23.7 Å². The molecule has 0 radical (unpaired) electrons. The number of alkyl halides is 3. The van der Waals surface area contributed by atoms with Crippen molar-refractivity contribution in [2.24, 2.45) is 0 Å². The molecule has 202 valence electrons. The number of fused-ring (bicyclic) bond motifs is 1. The first-order chi connectivity index (χ1) is 18.6. The van der Waals surface area contributed by atoms with E-state index in [1.54, 1.807) is 18.3 Å². The Hall–Kier alpha value is -4.02. The Kier molecular flexibility index (Phi) is 7.24. The van der Waals surface area contributed by atoms with Crippen LogP contribution in [0.15, 0.2) is 60.8 Å². The highest BCUT2D eigenvalue weighted by molar-refractivity contribution is 6.05. The summed E-state index contributed by atoms with van der Waals surface area (Å²) in [7, 11) is 2.00. The van der Waals surface area contributed by atoms with Crippen molar-refractivity contribution in [3.63, 3.8) is 0 Å². The molecule has 0 atom stereocenters. The first-order valence-electron chi connectivity index (χ1n) is 12.6. The number of likely N-dealkylation sites (N-methyl/N-ethyl adjacent to an activating group) is 1. The molecule has 3 N–H and O–H groups in total. The maximum Gasteiger partial charge on any atom is 0.416 e. The van der Waals surface area contributed by atoms with Gasteiger partial charge in [0.15, 0.2) is 0 Å². The van der Waals surface area contributed by atoms with Gasteiger partial charge < -0.3 is 16.0 Å². The quantitative estimate of drug-likeness (QED) is 0.366. The van der Waals surface area contributed by atoms with Crippen molar-refractivity contribution in [1.82, 2.24) is 19.8 Å². The zero-order valence-corrected chi connectivity index (χ0v) is 21.7. The molecule has 0 saturated carbocycles. The molecule has 0 spiro atoms. The number of hydrogen-bond acceptors (Lipinski definition) is 6. The van der Waals surface area contributed by atoms with E-state index in [0.717, 1.165) is 41.2 Å². The second kappa shape index (κ2) is 10.6. The lowest BCUT2D eigenvalue weighted by molar-refractivity contribution is -0.138. The van der Waals surface area contributed by atoms with Crippen molar-refractivity contribution < 1.29 is 18.0 Å². The maximum atomic E-state index is 14.0. The lowest BCUT2D eigenvalue weighted by atomic mass is 9.97. The Bertz CT molecular complexity index is 1530. The number of anilines is 2. The molecule has 1 aliphatic rings. The Morgan fingerprint density at radius 3 is 2.54 bits per heavy atom. The van der Waals surface area contributed by atoms with Gasteiger partial charge in [-0.15, -0.1) is 0 Å². The van der Waals surface area contributed by atoms with Crippen LogP contribution in [0.2, 0.25) is 0 Å². The number of carbonyl (C=O) groups excluding carboxylic acids is 1. The van der Waals surface area contributed by atoms with Crippen LogP contribution in [0.3, 0.4) is 0 Å². The van der Waals surface area contributed by atoms with E-state index in [1.165, 1.54) is 12.1 Å². The average Bonchev–Trinajstić information content (AvgIpc) is 2.90. The van der Waals surface area contributed by atoms with E-state index < -0.39 is 17.6 Å². The van der Waals surface area contributed by atoms with Crippen molar-refractivity contribution in [3.8, 4) is 11.1 Å². The fourth-order valence-corrected chi connectivity index (χ4v) is 4.79. The highest BCUT2D eigenvalue weighted by Crippen LogP contribution is 2.35. The number of nitrogens with two attached hydrogens (primary N) is 1. The molecule has 1 aromatic heterocycles. The highest BCUT2D eigenvalue weighted by atomic mass is 19.4. The summed E-state index contributed by atoms with van der Waals surface area (Å²) in [6.45, 7) is 5.17. The van der Waals surface area contributed by atoms with Crippen molar-refractivity contribution in [3.05, 3.63) is 83.0 Å². The number of carbonyl (C=O) groups is 1. The normalized spacial score (nSPS) is 15.0. The average molecular weight is 535 g/mol. The molecule has 1 aliphatic heterocycles. The molecule has 1 saturated heterocycles. The van der Waals surface area contributed by atoms with Gasteiger partial charge in [-0.1, -0.05) is 24.3 Å². The molecule has 3 aromatic carbocycles. The number of rotatable bonds is 5. The number of nitrogens with one attached hydrogen (secondary N) is 1. The Morgan fingerprint density at radius 2 is 1.79 bits per heavy atom. The third-order valence-corrected chi connectivity index (χ3v) is 7.08. The van der Waals surface area contributed by atoms with E-state index >= 15 is 0 Å². The number of piperazine rings is 1. The minimum atomic E-state index is -4.54. The van der Waals surface area contributed by atoms with Crippen molar-refractivity contribution >= 4 is 28.4 Å². The van der Waals surface area contributed by atoms with E-state index in [1.807, 2.05) is 43.1 Å². The number of aromatic nitrogens is 2. The van der Waals surface area contributed by atoms with Crippen LogP contribution >= 0.6 is 0 Å². The molecule has 1 fully saturated rings. The SMILES string of the molecule is Cc1ccc(C(=O)Nc2ccc(CN3CCN(C)CC3)c(C(F)(F)F)c2)cc1-c1ccc2cnc(N)nc2c1. The highest BCUT2D eigenvalue weighted by Gasteiger charge is 2.34. The van der Waals surface area contributed by atoms with E-state index in [0.29, 0.717) is 24.2 Å². The summed E-state index contributed by atoms with van der Waals surface area (Å²) in [5.41, 5.74) is 8.85. The van der Waals surface area contributed by atoms with Crippen molar-refractivity contribution in [2.45, 2.75) is 19.6 Å². The zero-order chi connectivity index (χ0) is 27.7. The molecule has 39 heavy (non-hydrogen) atoms. The van der Waals surface area contributed by atoms with Gasteiger partial charge in [0.1, 0.15) is 0 Å². The third-order valence-electron chi connectivity index (χ3n) is 7.08. The van der Waals surface area contributed by atoms with Crippen LogP contribution in [0, 0.1) is 6.92 Å². The summed E-state index contributed by atoms with van der Waals surface area (Å²) in [6.07, 6.45) is -2.90. The van der Waals surface area contributed by atoms with Gasteiger partial charge in [0.25, 0.3) is 5.91 Å². The fraction of sp³-hybridized carbons (Fsp3) is 0.276. The molecule has 1 amide bonds. The zero-order valence-electron chi connectivity index (χ0n) is 21.7. The second-order valence-electron chi connectivity index (χ2n) is 9.93. The number of hydrogen-bond donors (Lipinski definition) is 2. The van der Waals surface area contributed by atoms with Crippen LogP contribution in [-0.4, -0.2) is 58.9 Å². The van der Waals surface area contributed by atoms with E-state index in [2.05, 4.69) is 20.2 Å². The van der Waals surface area contributed by atoms with Gasteiger partial charge in [0, 0.05) is 55.6 Å². The first kappa shape index (κ1) is 26.6. The van der Waals surface area contributed by atoms with Gasteiger partial charge in [-0.2, -0.15) is 13.2 Å². The Balaban J connectivity index is 1.39. The van der Waals surface area contributed by atoms with Crippen LogP contribution in [-0.2, 0) is 12.7 Å². The van der Waals surface area contributed by atoms with Crippen LogP contribution in [0.5, 0.6) is 0 Å². The Labute approximate surface area is 224 Å². The molecule has 0 aliphatic carbocycles. The van der Waals surface area contributed by atoms with Gasteiger partial charge in [-0.05, 0) is 66.6 Å². The molecule has 0 unspecified atom stereocenters. The van der Waals surface area contributed by atoms with Crippen LogP contribution in [0.25, 0.3) is 22.0 Å². The monoisotopic (exact) mass is 534 g/mol. The number of nitrogens with zero attached hydrogens (tertiary/aromatic N) is 4. The van der Waals surface area contributed by atoms with E-state index in [9.17, 15) is 18.0 Å². The fourth-order valence-electron chi connectivity index (χ4n) is 4.79. The number of nitrogen functional groups attached to an aromatic ring is 1. The lowest BCUT2D eigenvalue weighted by Crippen LogP contribution is -2.44. The molecule has 0 bridgehead atoms. The molecule has 7 nitrogen and oxygen atoms in total. The summed E-state index contributed by atoms with van der Waals surface area (Å²) in [5.74, 6) is -0.333.